The molecular weight excluding hydrogens is 188 g/mol. The molecule has 3 nitrogen and oxygen atoms in total. The number of carbonyl (C=O) groups is 1. The van der Waals surface area contributed by atoms with Crippen LogP contribution < -0.4 is 5.73 Å². The summed E-state index contributed by atoms with van der Waals surface area (Å²) < 4.78 is 0. The number of rotatable bonds is 1. The van der Waals surface area contributed by atoms with E-state index in [1.807, 2.05) is 13.8 Å². The van der Waals surface area contributed by atoms with Gasteiger partial charge in [0.2, 0.25) is 5.91 Å². The zero-order chi connectivity index (χ0) is 11.1. The molecule has 0 radical (unpaired) electrons. The third-order valence-electron chi connectivity index (χ3n) is 3.81. The highest BCUT2D eigenvalue weighted by atomic mass is 16.2. The Labute approximate surface area is 92.0 Å². The van der Waals surface area contributed by atoms with Gasteiger partial charge in [-0.05, 0) is 45.4 Å². The number of hydrogen-bond donors (Lipinski definition) is 1. The molecule has 1 aliphatic carbocycles. The van der Waals surface area contributed by atoms with Crippen LogP contribution in [0.1, 0.15) is 46.0 Å². The van der Waals surface area contributed by atoms with Crippen molar-refractivity contribution in [1.82, 2.24) is 4.90 Å². The molecular formula is C12H22N2O. The average molecular weight is 210 g/mol. The second kappa shape index (κ2) is 3.78. The highest BCUT2D eigenvalue weighted by molar-refractivity contribution is 5.85. The van der Waals surface area contributed by atoms with Gasteiger partial charge in [0.25, 0.3) is 0 Å². The lowest BCUT2D eigenvalue weighted by Gasteiger charge is -2.40. The highest BCUT2D eigenvalue weighted by Crippen LogP contribution is 2.37. The monoisotopic (exact) mass is 210 g/mol. The van der Waals surface area contributed by atoms with Gasteiger partial charge in [0.1, 0.15) is 0 Å². The van der Waals surface area contributed by atoms with Crippen molar-refractivity contribution < 1.29 is 4.79 Å². The van der Waals surface area contributed by atoms with Crippen LogP contribution in [0.15, 0.2) is 0 Å². The van der Waals surface area contributed by atoms with Gasteiger partial charge in [-0.2, -0.15) is 0 Å². The summed E-state index contributed by atoms with van der Waals surface area (Å²) in [7, 11) is 0. The summed E-state index contributed by atoms with van der Waals surface area (Å²) >= 11 is 0. The fraction of sp³-hybridized carbons (Fsp3) is 0.917. The molecule has 2 fully saturated rings. The summed E-state index contributed by atoms with van der Waals surface area (Å²) in [4.78, 5) is 14.2. The second-order valence-corrected chi connectivity index (χ2v) is 5.62. The summed E-state index contributed by atoms with van der Waals surface area (Å²) in [6.45, 7) is 4.54. The first-order chi connectivity index (χ1) is 7.00. The molecule has 86 valence electrons. The molecule has 2 aliphatic rings. The van der Waals surface area contributed by atoms with Gasteiger partial charge < -0.3 is 10.6 Å². The molecule has 1 saturated heterocycles. The van der Waals surface area contributed by atoms with E-state index in [0.717, 1.165) is 18.9 Å². The zero-order valence-electron chi connectivity index (χ0n) is 9.83. The number of carbonyl (C=O) groups excluding carboxylic acids is 1. The van der Waals surface area contributed by atoms with Gasteiger partial charge in [0.15, 0.2) is 0 Å². The van der Waals surface area contributed by atoms with Crippen molar-refractivity contribution in [1.29, 1.82) is 0 Å². The van der Waals surface area contributed by atoms with Gasteiger partial charge >= 0.3 is 0 Å². The smallest absolute Gasteiger partial charge is 0.242 e. The molecule has 1 saturated carbocycles. The average Bonchev–Trinajstić information content (AvgIpc) is 2.62. The van der Waals surface area contributed by atoms with Gasteiger partial charge in [-0.15, -0.1) is 0 Å². The molecule has 1 aliphatic heterocycles. The van der Waals surface area contributed by atoms with Gasteiger partial charge in [-0.25, -0.2) is 0 Å². The van der Waals surface area contributed by atoms with E-state index in [9.17, 15) is 4.79 Å². The molecule has 0 aromatic heterocycles. The Kier molecular flexibility index (Phi) is 2.75. The SMILES string of the molecule is CC(C)(N)C(=O)N1CCCC2CCCC21. The van der Waals surface area contributed by atoms with Crippen LogP contribution in [-0.4, -0.2) is 28.9 Å². The normalized spacial score (nSPS) is 31.5. The molecule has 0 spiro atoms. The number of fused-ring (bicyclic) bond motifs is 1. The maximum absolute atomic E-state index is 12.2. The second-order valence-electron chi connectivity index (χ2n) is 5.62. The van der Waals surface area contributed by atoms with Crippen molar-refractivity contribution in [3.8, 4) is 0 Å². The van der Waals surface area contributed by atoms with E-state index in [1.165, 1.54) is 25.7 Å². The maximum Gasteiger partial charge on any atom is 0.242 e. The first-order valence-corrected chi connectivity index (χ1v) is 6.10. The zero-order valence-corrected chi connectivity index (χ0v) is 9.83. The molecule has 0 aromatic rings. The molecule has 1 heterocycles. The van der Waals surface area contributed by atoms with Crippen molar-refractivity contribution in [2.75, 3.05) is 6.54 Å². The Balaban J connectivity index is 2.11. The minimum Gasteiger partial charge on any atom is -0.338 e. The van der Waals surface area contributed by atoms with E-state index in [-0.39, 0.29) is 5.91 Å². The van der Waals surface area contributed by atoms with E-state index >= 15 is 0 Å². The number of nitrogens with two attached hydrogens (primary N) is 1. The summed E-state index contributed by atoms with van der Waals surface area (Å²) in [5.41, 5.74) is 5.20. The fourth-order valence-corrected chi connectivity index (χ4v) is 3.08. The lowest BCUT2D eigenvalue weighted by Crippen LogP contribution is -2.56. The molecule has 2 rings (SSSR count). The lowest BCUT2D eigenvalue weighted by atomic mass is 9.90. The van der Waals surface area contributed by atoms with E-state index < -0.39 is 5.54 Å². The van der Waals surface area contributed by atoms with Crippen LogP contribution in [0.4, 0.5) is 0 Å². The molecule has 2 unspecified atom stereocenters. The first kappa shape index (κ1) is 10.9. The van der Waals surface area contributed by atoms with Crippen LogP contribution >= 0.6 is 0 Å². The van der Waals surface area contributed by atoms with Crippen LogP contribution in [0.3, 0.4) is 0 Å². The summed E-state index contributed by atoms with van der Waals surface area (Å²) in [5.74, 6) is 0.893. The van der Waals surface area contributed by atoms with Crippen molar-refractivity contribution >= 4 is 5.91 Å². The van der Waals surface area contributed by atoms with Gasteiger partial charge in [-0.1, -0.05) is 6.42 Å². The van der Waals surface area contributed by atoms with Crippen LogP contribution in [0.25, 0.3) is 0 Å². The molecule has 1 amide bonds. The Bertz CT molecular complexity index is 257. The summed E-state index contributed by atoms with van der Waals surface area (Å²) in [6.07, 6.45) is 6.23. The fourth-order valence-electron chi connectivity index (χ4n) is 3.08. The number of likely N-dealkylation sites (tertiary alicyclic amines) is 1. The van der Waals surface area contributed by atoms with Crippen molar-refractivity contribution in [3.63, 3.8) is 0 Å². The minimum atomic E-state index is -0.704. The van der Waals surface area contributed by atoms with Crippen molar-refractivity contribution in [3.05, 3.63) is 0 Å². The first-order valence-electron chi connectivity index (χ1n) is 6.10. The quantitative estimate of drug-likeness (QED) is 0.713. The Morgan fingerprint density at radius 1 is 1.27 bits per heavy atom. The Hall–Kier alpha value is -0.570. The van der Waals surface area contributed by atoms with Crippen molar-refractivity contribution in [2.24, 2.45) is 11.7 Å². The lowest BCUT2D eigenvalue weighted by molar-refractivity contribution is -0.140. The highest BCUT2D eigenvalue weighted by Gasteiger charge is 2.40. The third kappa shape index (κ3) is 2.03. The van der Waals surface area contributed by atoms with Crippen molar-refractivity contribution in [2.45, 2.75) is 57.5 Å². The van der Waals surface area contributed by atoms with Crippen LogP contribution in [0.5, 0.6) is 0 Å². The molecule has 2 atom stereocenters. The number of nitrogens with zero attached hydrogens (tertiary/aromatic N) is 1. The Morgan fingerprint density at radius 2 is 1.93 bits per heavy atom. The summed E-state index contributed by atoms with van der Waals surface area (Å²) in [6, 6.07) is 0.495. The number of hydrogen-bond acceptors (Lipinski definition) is 2. The van der Waals surface area contributed by atoms with Gasteiger partial charge in [-0.3, -0.25) is 4.79 Å². The van der Waals surface area contributed by atoms with E-state index in [4.69, 9.17) is 5.73 Å². The van der Waals surface area contributed by atoms with E-state index in [1.54, 1.807) is 0 Å². The Morgan fingerprint density at radius 3 is 2.60 bits per heavy atom. The van der Waals surface area contributed by atoms with Crippen LogP contribution in [-0.2, 0) is 4.79 Å². The molecule has 0 bridgehead atoms. The van der Waals surface area contributed by atoms with Crippen LogP contribution in [0, 0.1) is 5.92 Å². The maximum atomic E-state index is 12.2. The summed E-state index contributed by atoms with van der Waals surface area (Å²) in [5, 5.41) is 0. The topological polar surface area (TPSA) is 46.3 Å². The molecule has 2 N–H and O–H groups in total. The predicted octanol–water partition coefficient (Wildman–Crippen LogP) is 1.51. The van der Waals surface area contributed by atoms with Gasteiger partial charge in [0.05, 0.1) is 5.54 Å². The standard InChI is InChI=1S/C12H22N2O/c1-12(2,13)11(15)14-8-4-6-9-5-3-7-10(9)14/h9-10H,3-8,13H2,1-2H3. The van der Waals surface area contributed by atoms with E-state index in [2.05, 4.69) is 4.90 Å². The molecule has 0 aromatic carbocycles. The predicted molar refractivity (Wildman–Crippen MR) is 60.3 cm³/mol. The largest absolute Gasteiger partial charge is 0.338 e. The van der Waals surface area contributed by atoms with E-state index in [0.29, 0.717) is 6.04 Å². The van der Waals surface area contributed by atoms with Crippen LogP contribution in [0.2, 0.25) is 0 Å². The molecule has 15 heavy (non-hydrogen) atoms. The number of piperidine rings is 1. The van der Waals surface area contributed by atoms with Gasteiger partial charge in [0, 0.05) is 12.6 Å². The minimum absolute atomic E-state index is 0.138. The number of amides is 1. The molecule has 3 heteroatoms. The third-order valence-corrected chi connectivity index (χ3v) is 3.81.